The summed E-state index contributed by atoms with van der Waals surface area (Å²) in [7, 11) is 1.32. The van der Waals surface area contributed by atoms with Crippen molar-refractivity contribution in [3.05, 3.63) is 36.0 Å². The maximum atomic E-state index is 12.3. The van der Waals surface area contributed by atoms with Crippen molar-refractivity contribution in [3.8, 4) is 0 Å². The molecule has 0 bridgehead atoms. The second-order valence-corrected chi connectivity index (χ2v) is 7.58. The van der Waals surface area contributed by atoms with E-state index in [-0.39, 0.29) is 30.8 Å². The van der Waals surface area contributed by atoms with Crippen LogP contribution in [0.5, 0.6) is 0 Å². The molecule has 2 N–H and O–H groups in total. The van der Waals surface area contributed by atoms with Gasteiger partial charge >= 0.3 is 5.97 Å². The lowest BCUT2D eigenvalue weighted by Crippen LogP contribution is -2.55. The Morgan fingerprint density at radius 2 is 2.07 bits per heavy atom. The summed E-state index contributed by atoms with van der Waals surface area (Å²) in [5.74, 6) is -0.625. The summed E-state index contributed by atoms with van der Waals surface area (Å²) < 4.78 is 6.69. The molecule has 8 nitrogen and oxygen atoms in total. The lowest BCUT2D eigenvalue weighted by atomic mass is 10.1. The number of rotatable bonds is 7. The van der Waals surface area contributed by atoms with Crippen LogP contribution in [0.2, 0.25) is 0 Å². The topological polar surface area (TPSA) is 92.7 Å². The number of para-hydroxylation sites is 1. The summed E-state index contributed by atoms with van der Waals surface area (Å²) in [6, 6.07) is 7.41. The molecular formula is C21H28N4O4. The highest BCUT2D eigenvalue weighted by molar-refractivity contribution is 5.88. The Morgan fingerprint density at radius 3 is 2.79 bits per heavy atom. The Hall–Kier alpha value is -2.87. The largest absolute Gasteiger partial charge is 0.469 e. The number of esters is 1. The van der Waals surface area contributed by atoms with Gasteiger partial charge in [-0.05, 0) is 25.5 Å². The fourth-order valence-electron chi connectivity index (χ4n) is 3.74. The van der Waals surface area contributed by atoms with Crippen LogP contribution < -0.4 is 10.6 Å². The molecule has 0 unspecified atom stereocenters. The molecule has 2 heterocycles. The molecule has 1 aliphatic rings. The first-order valence-electron chi connectivity index (χ1n) is 9.83. The van der Waals surface area contributed by atoms with Gasteiger partial charge in [-0.25, -0.2) is 0 Å². The smallest absolute Gasteiger partial charge is 0.307 e. The predicted molar refractivity (Wildman–Crippen MR) is 109 cm³/mol. The standard InChI is InChI=1S/C21H28N4O4/c1-14(2)23-19(26)13-25-12-15(16-6-4-5-7-17(16)25)11-24-9-8-22-21(28)18(24)10-20(27)29-3/h4-7,12,14,18H,8-11,13H2,1-3H3,(H,22,28)(H,23,26)/t18-/m1/s1. The van der Waals surface area contributed by atoms with E-state index in [0.717, 1.165) is 16.5 Å². The number of methoxy groups -OCH3 is 1. The zero-order valence-electron chi connectivity index (χ0n) is 17.1. The van der Waals surface area contributed by atoms with Gasteiger partial charge in [0.1, 0.15) is 12.6 Å². The molecule has 1 aliphatic heterocycles. The minimum Gasteiger partial charge on any atom is -0.469 e. The van der Waals surface area contributed by atoms with Gasteiger partial charge in [0.2, 0.25) is 11.8 Å². The third kappa shape index (κ3) is 4.95. The number of nitrogens with one attached hydrogen (secondary N) is 2. The van der Waals surface area contributed by atoms with E-state index < -0.39 is 12.0 Å². The summed E-state index contributed by atoms with van der Waals surface area (Å²) in [6.07, 6.45) is 1.98. The van der Waals surface area contributed by atoms with Crippen molar-refractivity contribution in [1.29, 1.82) is 0 Å². The van der Waals surface area contributed by atoms with E-state index in [1.807, 2.05) is 53.8 Å². The molecule has 1 fully saturated rings. The summed E-state index contributed by atoms with van der Waals surface area (Å²) in [4.78, 5) is 38.4. The number of aromatic nitrogens is 1. The lowest BCUT2D eigenvalue weighted by Gasteiger charge is -2.34. The first-order valence-corrected chi connectivity index (χ1v) is 9.83. The van der Waals surface area contributed by atoms with Crippen LogP contribution in [0.3, 0.4) is 0 Å². The number of nitrogens with zero attached hydrogens (tertiary/aromatic N) is 2. The first-order chi connectivity index (χ1) is 13.9. The van der Waals surface area contributed by atoms with Gasteiger partial charge in [-0.15, -0.1) is 0 Å². The number of benzene rings is 1. The van der Waals surface area contributed by atoms with Crippen LogP contribution in [-0.4, -0.2) is 59.5 Å². The van der Waals surface area contributed by atoms with Crippen molar-refractivity contribution in [3.63, 3.8) is 0 Å². The molecule has 1 atom stereocenters. The van der Waals surface area contributed by atoms with E-state index in [9.17, 15) is 14.4 Å². The van der Waals surface area contributed by atoms with E-state index >= 15 is 0 Å². The molecule has 1 aromatic heterocycles. The lowest BCUT2D eigenvalue weighted by molar-refractivity contribution is -0.146. The Kier molecular flexibility index (Phi) is 6.53. The molecule has 2 amide bonds. The van der Waals surface area contributed by atoms with E-state index in [0.29, 0.717) is 19.6 Å². The average Bonchev–Trinajstić information content (AvgIpc) is 3.01. The van der Waals surface area contributed by atoms with Gasteiger partial charge in [-0.1, -0.05) is 18.2 Å². The van der Waals surface area contributed by atoms with Crippen LogP contribution >= 0.6 is 0 Å². The second kappa shape index (κ2) is 9.09. The molecule has 1 aromatic carbocycles. The predicted octanol–water partition coefficient (Wildman–Crippen LogP) is 1.03. The molecule has 0 spiro atoms. The normalized spacial score (nSPS) is 17.4. The molecule has 1 saturated heterocycles. The zero-order chi connectivity index (χ0) is 21.0. The van der Waals surface area contributed by atoms with E-state index in [2.05, 4.69) is 10.6 Å². The fourth-order valence-corrected chi connectivity index (χ4v) is 3.74. The highest BCUT2D eigenvalue weighted by Gasteiger charge is 2.32. The molecule has 0 radical (unpaired) electrons. The van der Waals surface area contributed by atoms with Crippen LogP contribution in [0.15, 0.2) is 30.5 Å². The monoisotopic (exact) mass is 400 g/mol. The fraction of sp³-hybridized carbons (Fsp3) is 0.476. The Balaban J connectivity index is 1.86. The number of hydrogen-bond donors (Lipinski definition) is 2. The minimum absolute atomic E-state index is 0.0117. The maximum absolute atomic E-state index is 12.3. The third-order valence-electron chi connectivity index (χ3n) is 5.04. The summed E-state index contributed by atoms with van der Waals surface area (Å²) in [5.41, 5.74) is 1.98. The number of carbonyl (C=O) groups is 3. The number of fused-ring (bicyclic) bond motifs is 1. The van der Waals surface area contributed by atoms with Crippen molar-refractivity contribution in [2.45, 2.75) is 45.4 Å². The van der Waals surface area contributed by atoms with Crippen LogP contribution in [0.1, 0.15) is 25.8 Å². The molecule has 29 heavy (non-hydrogen) atoms. The highest BCUT2D eigenvalue weighted by atomic mass is 16.5. The summed E-state index contributed by atoms with van der Waals surface area (Å²) in [6.45, 7) is 5.77. The van der Waals surface area contributed by atoms with E-state index in [1.54, 1.807) is 0 Å². The Bertz CT molecular complexity index is 905. The van der Waals surface area contributed by atoms with Gasteiger partial charge < -0.3 is 19.9 Å². The van der Waals surface area contributed by atoms with Gasteiger partial charge in [0.15, 0.2) is 0 Å². The number of ether oxygens (including phenoxy) is 1. The van der Waals surface area contributed by atoms with Crippen molar-refractivity contribution >= 4 is 28.7 Å². The molecule has 0 aliphatic carbocycles. The summed E-state index contributed by atoms with van der Waals surface area (Å²) in [5, 5.41) is 6.77. The highest BCUT2D eigenvalue weighted by Crippen LogP contribution is 2.24. The van der Waals surface area contributed by atoms with Gasteiger partial charge in [0.05, 0.1) is 13.5 Å². The molecule has 3 rings (SSSR count). The number of carbonyl (C=O) groups excluding carboxylic acids is 3. The van der Waals surface area contributed by atoms with Crippen LogP contribution in [-0.2, 0) is 32.2 Å². The number of amides is 2. The molecule has 2 aromatic rings. The zero-order valence-corrected chi connectivity index (χ0v) is 17.1. The SMILES string of the molecule is COC(=O)C[C@@H]1C(=O)NCCN1Cc1cn(CC(=O)NC(C)C)c2ccccc12. The number of hydrogen-bond acceptors (Lipinski definition) is 5. The van der Waals surface area contributed by atoms with Gasteiger partial charge in [0.25, 0.3) is 0 Å². The van der Waals surface area contributed by atoms with Gasteiger partial charge in [-0.3, -0.25) is 19.3 Å². The van der Waals surface area contributed by atoms with Crippen molar-refractivity contribution in [2.75, 3.05) is 20.2 Å². The second-order valence-electron chi connectivity index (χ2n) is 7.58. The van der Waals surface area contributed by atoms with Gasteiger partial charge in [0, 0.05) is 42.8 Å². The van der Waals surface area contributed by atoms with Crippen molar-refractivity contribution < 1.29 is 19.1 Å². The average molecular weight is 400 g/mol. The van der Waals surface area contributed by atoms with E-state index in [1.165, 1.54) is 7.11 Å². The van der Waals surface area contributed by atoms with Crippen molar-refractivity contribution in [2.24, 2.45) is 0 Å². The third-order valence-corrected chi connectivity index (χ3v) is 5.04. The molecule has 8 heteroatoms. The van der Waals surface area contributed by atoms with Crippen LogP contribution in [0.4, 0.5) is 0 Å². The molecule has 0 saturated carbocycles. The molecule has 156 valence electrons. The Morgan fingerprint density at radius 1 is 1.31 bits per heavy atom. The van der Waals surface area contributed by atoms with Crippen LogP contribution in [0, 0.1) is 0 Å². The number of piperazine rings is 1. The van der Waals surface area contributed by atoms with Gasteiger partial charge in [-0.2, -0.15) is 0 Å². The van der Waals surface area contributed by atoms with Crippen LogP contribution in [0.25, 0.3) is 10.9 Å². The van der Waals surface area contributed by atoms with Crippen molar-refractivity contribution in [1.82, 2.24) is 20.1 Å². The van der Waals surface area contributed by atoms with E-state index in [4.69, 9.17) is 4.74 Å². The summed E-state index contributed by atoms with van der Waals surface area (Å²) >= 11 is 0. The first kappa shape index (κ1) is 20.9. The minimum atomic E-state index is -0.567. The quantitative estimate of drug-likeness (QED) is 0.678. The Labute approximate surface area is 170 Å². The molecular weight excluding hydrogens is 372 g/mol. The maximum Gasteiger partial charge on any atom is 0.307 e.